The zero-order valence-electron chi connectivity index (χ0n) is 18.2. The Labute approximate surface area is 204 Å². The summed E-state index contributed by atoms with van der Waals surface area (Å²) in [4.78, 5) is 21.7. The van der Waals surface area contributed by atoms with Gasteiger partial charge in [0.25, 0.3) is 0 Å². The van der Waals surface area contributed by atoms with E-state index in [0.717, 1.165) is 15.8 Å². The van der Waals surface area contributed by atoms with E-state index < -0.39 is 9.84 Å². The zero-order chi connectivity index (χ0) is 22.6. The van der Waals surface area contributed by atoms with E-state index in [0.29, 0.717) is 23.2 Å². The second-order valence-corrected chi connectivity index (χ2v) is 11.2. The number of likely N-dealkylation sites (N-methyl/N-ethyl adjacent to an activating group) is 1. The lowest BCUT2D eigenvalue weighted by Crippen LogP contribution is -2.36. The fourth-order valence-electron chi connectivity index (χ4n) is 3.18. The van der Waals surface area contributed by atoms with E-state index in [9.17, 15) is 13.2 Å². The molecule has 3 rings (SSSR count). The lowest BCUT2D eigenvalue weighted by atomic mass is 10.2. The second kappa shape index (κ2) is 11.4. The third-order valence-electron chi connectivity index (χ3n) is 4.85. The molecule has 0 saturated carbocycles. The van der Waals surface area contributed by atoms with Gasteiger partial charge in [-0.1, -0.05) is 41.1 Å². The van der Waals surface area contributed by atoms with Gasteiger partial charge < -0.3 is 4.90 Å². The highest BCUT2D eigenvalue weighted by Crippen LogP contribution is 2.33. The quantitative estimate of drug-likeness (QED) is 0.408. The van der Waals surface area contributed by atoms with Crippen LogP contribution in [0.1, 0.15) is 18.4 Å². The van der Waals surface area contributed by atoms with E-state index in [1.54, 1.807) is 35.2 Å². The van der Waals surface area contributed by atoms with Crippen LogP contribution < -0.4 is 4.90 Å². The van der Waals surface area contributed by atoms with Gasteiger partial charge in [-0.05, 0) is 57.3 Å². The van der Waals surface area contributed by atoms with Gasteiger partial charge in [-0.25, -0.2) is 13.4 Å². The van der Waals surface area contributed by atoms with Gasteiger partial charge in [0.1, 0.15) is 0 Å². The predicted molar refractivity (Wildman–Crippen MR) is 135 cm³/mol. The minimum atomic E-state index is -3.41. The number of rotatable bonds is 9. The number of fused-ring (bicyclic) bond motifs is 1. The largest absolute Gasteiger partial charge is 0.308 e. The normalized spacial score (nSPS) is 11.5. The van der Waals surface area contributed by atoms with Crippen molar-refractivity contribution >= 4 is 66.4 Å². The molecule has 0 N–H and O–H groups in total. The Kier molecular flexibility index (Phi) is 9.48. The van der Waals surface area contributed by atoms with Gasteiger partial charge in [0.2, 0.25) is 5.91 Å². The average molecular weight is 517 g/mol. The maximum atomic E-state index is 13.1. The first-order chi connectivity index (χ1) is 14.7. The summed E-state index contributed by atoms with van der Waals surface area (Å²) in [5.41, 5.74) is 1.79. The lowest BCUT2D eigenvalue weighted by molar-refractivity contribution is -0.118. The molecule has 0 bridgehead atoms. The highest BCUT2D eigenvalue weighted by atomic mass is 35.5. The summed E-state index contributed by atoms with van der Waals surface area (Å²) in [6.07, 6.45) is 0.388. The fourth-order valence-corrected chi connectivity index (χ4v) is 5.97. The molecule has 6 nitrogen and oxygen atoms in total. The van der Waals surface area contributed by atoms with Crippen LogP contribution >= 0.6 is 35.3 Å². The monoisotopic (exact) mass is 515 g/mol. The molecule has 0 radical (unpaired) electrons. The van der Waals surface area contributed by atoms with Gasteiger partial charge in [0.15, 0.2) is 15.0 Å². The molecule has 0 aliphatic carbocycles. The highest BCUT2D eigenvalue weighted by molar-refractivity contribution is 7.91. The van der Waals surface area contributed by atoms with Crippen molar-refractivity contribution in [3.63, 3.8) is 0 Å². The van der Waals surface area contributed by atoms with Crippen LogP contribution in [0.15, 0.2) is 47.4 Å². The third-order valence-corrected chi connectivity index (χ3v) is 7.91. The number of thiazole rings is 1. The molecule has 2 aromatic carbocycles. The molecular weight excluding hydrogens is 489 g/mol. The standard InChI is InChI=1S/C22H26ClN3O3S2.ClH/c1-16-14-17(23)15-19-21(16)24-22(30-19)26(12-11-25(2)3)20(27)10-7-13-31(28,29)18-8-5-4-6-9-18;/h4-6,8-9,14-15H,7,10-13H2,1-3H3;1H. The molecule has 1 heterocycles. The number of hydrogen-bond donors (Lipinski definition) is 0. The van der Waals surface area contributed by atoms with E-state index >= 15 is 0 Å². The molecule has 3 aromatic rings. The molecule has 1 aromatic heterocycles. The number of aromatic nitrogens is 1. The number of nitrogens with zero attached hydrogens (tertiary/aromatic N) is 3. The molecule has 1 amide bonds. The molecule has 10 heteroatoms. The van der Waals surface area contributed by atoms with Crippen LogP contribution in [0.2, 0.25) is 5.02 Å². The summed E-state index contributed by atoms with van der Waals surface area (Å²) >= 11 is 7.60. The molecule has 0 spiro atoms. The number of aryl methyl sites for hydroxylation is 1. The number of amides is 1. The molecule has 0 aliphatic rings. The van der Waals surface area contributed by atoms with Crippen LogP contribution in [0.3, 0.4) is 0 Å². The predicted octanol–water partition coefficient (Wildman–Crippen LogP) is 4.83. The van der Waals surface area contributed by atoms with Crippen molar-refractivity contribution in [1.82, 2.24) is 9.88 Å². The van der Waals surface area contributed by atoms with E-state index in [1.807, 2.05) is 38.1 Å². The molecule has 0 aliphatic heterocycles. The van der Waals surface area contributed by atoms with Crippen LogP contribution in [0.4, 0.5) is 5.13 Å². The summed E-state index contributed by atoms with van der Waals surface area (Å²) in [7, 11) is 0.474. The number of anilines is 1. The first-order valence-corrected chi connectivity index (χ1v) is 12.8. The summed E-state index contributed by atoms with van der Waals surface area (Å²) in [5.74, 6) is -0.202. The van der Waals surface area contributed by atoms with E-state index in [4.69, 9.17) is 11.6 Å². The Morgan fingerprint density at radius 1 is 1.12 bits per heavy atom. The Balaban J connectivity index is 0.00000363. The number of carbonyl (C=O) groups excluding carboxylic acids is 1. The number of carbonyl (C=O) groups is 1. The van der Waals surface area contributed by atoms with E-state index in [-0.39, 0.29) is 41.8 Å². The first-order valence-electron chi connectivity index (χ1n) is 9.97. The molecule has 174 valence electrons. The van der Waals surface area contributed by atoms with E-state index in [2.05, 4.69) is 4.98 Å². The van der Waals surface area contributed by atoms with Crippen LogP contribution in [0, 0.1) is 6.92 Å². The smallest absolute Gasteiger partial charge is 0.228 e. The third kappa shape index (κ3) is 6.65. The topological polar surface area (TPSA) is 70.6 Å². The van der Waals surface area contributed by atoms with Crippen molar-refractivity contribution in [2.45, 2.75) is 24.7 Å². The Morgan fingerprint density at radius 3 is 2.47 bits per heavy atom. The lowest BCUT2D eigenvalue weighted by Gasteiger charge is -2.22. The molecule has 0 unspecified atom stereocenters. The molecule has 0 fully saturated rings. The summed E-state index contributed by atoms with van der Waals surface area (Å²) < 4.78 is 25.9. The number of halogens is 2. The number of sulfone groups is 1. The summed E-state index contributed by atoms with van der Waals surface area (Å²) in [5, 5.41) is 1.25. The minimum absolute atomic E-state index is 0. The molecule has 0 atom stereocenters. The van der Waals surface area contributed by atoms with Gasteiger partial charge in [-0.3, -0.25) is 9.69 Å². The Morgan fingerprint density at radius 2 is 1.81 bits per heavy atom. The summed E-state index contributed by atoms with van der Waals surface area (Å²) in [6.45, 7) is 3.09. The minimum Gasteiger partial charge on any atom is -0.308 e. The van der Waals surface area contributed by atoms with Crippen LogP contribution in [0.25, 0.3) is 10.2 Å². The molecular formula is C22H27Cl2N3O3S2. The number of benzene rings is 2. The Hall–Kier alpha value is -1.71. The number of hydrogen-bond acceptors (Lipinski definition) is 6. The van der Waals surface area contributed by atoms with Crippen molar-refractivity contribution < 1.29 is 13.2 Å². The maximum absolute atomic E-state index is 13.1. The fraction of sp³-hybridized carbons (Fsp3) is 0.364. The zero-order valence-corrected chi connectivity index (χ0v) is 21.5. The highest BCUT2D eigenvalue weighted by Gasteiger charge is 2.22. The first kappa shape index (κ1) is 26.5. The van der Waals surface area contributed by atoms with Crippen molar-refractivity contribution in [3.8, 4) is 0 Å². The van der Waals surface area contributed by atoms with Crippen LogP contribution in [0.5, 0.6) is 0 Å². The van der Waals surface area contributed by atoms with Crippen molar-refractivity contribution in [3.05, 3.63) is 53.1 Å². The maximum Gasteiger partial charge on any atom is 0.228 e. The molecule has 32 heavy (non-hydrogen) atoms. The second-order valence-electron chi connectivity index (χ2n) is 7.65. The van der Waals surface area contributed by atoms with Gasteiger partial charge >= 0.3 is 0 Å². The average Bonchev–Trinajstić information content (AvgIpc) is 3.12. The van der Waals surface area contributed by atoms with Crippen molar-refractivity contribution in [2.24, 2.45) is 0 Å². The van der Waals surface area contributed by atoms with Gasteiger partial charge in [0.05, 0.1) is 20.9 Å². The Bertz CT molecular complexity index is 1170. The van der Waals surface area contributed by atoms with Gasteiger partial charge in [-0.15, -0.1) is 12.4 Å². The SMILES string of the molecule is Cc1cc(Cl)cc2sc(N(CCN(C)C)C(=O)CCCS(=O)(=O)c3ccccc3)nc12.Cl. The van der Waals surface area contributed by atoms with Crippen LogP contribution in [-0.2, 0) is 14.6 Å². The van der Waals surface area contributed by atoms with Crippen molar-refractivity contribution in [2.75, 3.05) is 37.8 Å². The van der Waals surface area contributed by atoms with Crippen LogP contribution in [-0.4, -0.2) is 57.1 Å². The van der Waals surface area contributed by atoms with E-state index in [1.165, 1.54) is 11.3 Å². The van der Waals surface area contributed by atoms with Gasteiger partial charge in [-0.2, -0.15) is 0 Å². The van der Waals surface area contributed by atoms with Gasteiger partial charge in [0, 0.05) is 24.5 Å². The molecule has 0 saturated heterocycles. The van der Waals surface area contributed by atoms with Crippen molar-refractivity contribution in [1.29, 1.82) is 0 Å². The summed E-state index contributed by atoms with van der Waals surface area (Å²) in [6, 6.07) is 12.0.